The first-order valence-corrected chi connectivity index (χ1v) is 9.68. The molecule has 5 nitrogen and oxygen atoms in total. The molecule has 1 aliphatic heterocycles. The Balaban J connectivity index is 1.63. The minimum absolute atomic E-state index is 0.120. The number of halogens is 1. The number of hydrogen-bond acceptors (Lipinski definition) is 4. The van der Waals surface area contributed by atoms with Crippen LogP contribution in [0.15, 0.2) is 34.7 Å². The standard InChI is InChI=1S/C21H22ClNO4/c1-3-17(24)18-8-14(21(25)23-19-15-9-26-10-16(15)19)20(27-18)11(2)12-5-4-6-13(22)7-12/h4-8,11,15-16,19H,3,9-10H2,1-2H3,(H,23,25)/t11-,15-,16+,19?/m0/s1. The Kier molecular flexibility index (Phi) is 4.82. The van der Waals surface area contributed by atoms with E-state index >= 15 is 0 Å². The molecular formula is C21H22ClNO4. The molecule has 2 aliphatic rings. The van der Waals surface area contributed by atoms with Crippen LogP contribution in [-0.2, 0) is 4.74 Å². The van der Waals surface area contributed by atoms with Crippen molar-refractivity contribution in [3.05, 3.63) is 58.0 Å². The number of fused-ring (bicyclic) bond motifs is 1. The van der Waals surface area contributed by atoms with E-state index < -0.39 is 0 Å². The third kappa shape index (κ3) is 3.42. The molecule has 0 bridgehead atoms. The van der Waals surface area contributed by atoms with E-state index in [1.165, 1.54) is 0 Å². The lowest BCUT2D eigenvalue weighted by molar-refractivity contribution is 0.0923. The van der Waals surface area contributed by atoms with Gasteiger partial charge in [-0.25, -0.2) is 0 Å². The highest BCUT2D eigenvalue weighted by Crippen LogP contribution is 2.44. The number of carbonyl (C=O) groups is 2. The van der Waals surface area contributed by atoms with Crippen LogP contribution in [-0.4, -0.2) is 30.9 Å². The second kappa shape index (κ2) is 7.13. The summed E-state index contributed by atoms with van der Waals surface area (Å²) in [6.07, 6.45) is 0.323. The predicted molar refractivity (Wildman–Crippen MR) is 101 cm³/mol. The van der Waals surface area contributed by atoms with Gasteiger partial charge in [-0.1, -0.05) is 37.6 Å². The maximum Gasteiger partial charge on any atom is 0.255 e. The first-order valence-electron chi connectivity index (χ1n) is 9.30. The normalized spacial score (nSPS) is 24.3. The van der Waals surface area contributed by atoms with E-state index in [0.29, 0.717) is 47.8 Å². The molecule has 1 aromatic carbocycles. The van der Waals surface area contributed by atoms with Gasteiger partial charge >= 0.3 is 0 Å². The number of furan rings is 1. The average molecular weight is 388 g/mol. The zero-order valence-electron chi connectivity index (χ0n) is 15.3. The van der Waals surface area contributed by atoms with Gasteiger partial charge in [-0.3, -0.25) is 9.59 Å². The number of ether oxygens (including phenoxy) is 1. The molecule has 1 amide bonds. The van der Waals surface area contributed by atoms with Crippen LogP contribution in [0.25, 0.3) is 0 Å². The Hall–Kier alpha value is -2.11. The fraction of sp³-hybridized carbons (Fsp3) is 0.429. The van der Waals surface area contributed by atoms with Gasteiger partial charge in [0.2, 0.25) is 0 Å². The summed E-state index contributed by atoms with van der Waals surface area (Å²) in [6, 6.07) is 9.17. The van der Waals surface area contributed by atoms with Gasteiger partial charge < -0.3 is 14.5 Å². The molecule has 6 heteroatoms. The minimum Gasteiger partial charge on any atom is -0.456 e. The summed E-state index contributed by atoms with van der Waals surface area (Å²) < 4.78 is 11.2. The molecular weight excluding hydrogens is 366 g/mol. The number of amides is 1. The van der Waals surface area contributed by atoms with Gasteiger partial charge in [0, 0.05) is 41.3 Å². The Labute approximate surface area is 163 Å². The monoisotopic (exact) mass is 387 g/mol. The summed E-state index contributed by atoms with van der Waals surface area (Å²) in [7, 11) is 0. The van der Waals surface area contributed by atoms with Crippen LogP contribution in [0.1, 0.15) is 58.4 Å². The van der Waals surface area contributed by atoms with Gasteiger partial charge in [-0.2, -0.15) is 0 Å². The van der Waals surface area contributed by atoms with Crippen LogP contribution in [0.4, 0.5) is 0 Å². The molecule has 1 saturated heterocycles. The van der Waals surface area contributed by atoms with E-state index in [9.17, 15) is 9.59 Å². The maximum atomic E-state index is 12.9. The van der Waals surface area contributed by atoms with Gasteiger partial charge in [-0.05, 0) is 17.7 Å². The number of hydrogen-bond donors (Lipinski definition) is 1. The van der Waals surface area contributed by atoms with Gasteiger partial charge in [0.15, 0.2) is 11.5 Å². The molecule has 1 aliphatic carbocycles. The number of carbonyl (C=O) groups excluding carboxylic acids is 2. The maximum absolute atomic E-state index is 12.9. The molecule has 1 aromatic heterocycles. The van der Waals surface area contributed by atoms with Gasteiger partial charge in [0.1, 0.15) is 5.76 Å². The van der Waals surface area contributed by atoms with E-state index in [1.807, 2.05) is 25.1 Å². The van der Waals surface area contributed by atoms with Gasteiger partial charge in [-0.15, -0.1) is 0 Å². The fourth-order valence-corrected chi connectivity index (χ4v) is 4.02. The number of Topliss-reactive ketones (excluding diaryl/α,β-unsaturated/α-hetero) is 1. The van der Waals surface area contributed by atoms with E-state index in [1.54, 1.807) is 19.1 Å². The lowest BCUT2D eigenvalue weighted by atomic mass is 9.95. The third-order valence-corrected chi connectivity index (χ3v) is 5.83. The Morgan fingerprint density at radius 2 is 2.00 bits per heavy atom. The van der Waals surface area contributed by atoms with Crippen LogP contribution in [0.5, 0.6) is 0 Å². The van der Waals surface area contributed by atoms with Crippen molar-refractivity contribution in [2.24, 2.45) is 11.8 Å². The van der Waals surface area contributed by atoms with Crippen molar-refractivity contribution in [3.63, 3.8) is 0 Å². The van der Waals surface area contributed by atoms with E-state index in [2.05, 4.69) is 5.32 Å². The average Bonchev–Trinajstić information content (AvgIpc) is 3.07. The smallest absolute Gasteiger partial charge is 0.255 e. The fourth-order valence-electron chi connectivity index (χ4n) is 3.83. The second-order valence-corrected chi connectivity index (χ2v) is 7.74. The van der Waals surface area contributed by atoms with Crippen molar-refractivity contribution in [1.82, 2.24) is 5.32 Å². The Morgan fingerprint density at radius 3 is 2.67 bits per heavy atom. The number of rotatable bonds is 6. The van der Waals surface area contributed by atoms with Crippen LogP contribution >= 0.6 is 11.6 Å². The summed E-state index contributed by atoms with van der Waals surface area (Å²) >= 11 is 6.11. The van der Waals surface area contributed by atoms with Crippen molar-refractivity contribution < 1.29 is 18.7 Å². The topological polar surface area (TPSA) is 68.5 Å². The molecule has 0 spiro atoms. The summed E-state index contributed by atoms with van der Waals surface area (Å²) in [5.74, 6) is 1.02. The third-order valence-electron chi connectivity index (χ3n) is 5.59. The zero-order chi connectivity index (χ0) is 19.1. The number of nitrogens with one attached hydrogen (secondary N) is 1. The van der Waals surface area contributed by atoms with Crippen LogP contribution in [0.2, 0.25) is 5.02 Å². The SMILES string of the molecule is CCC(=O)c1cc(C(=O)NC2[C@H]3COC[C@@H]23)c([C@@H](C)c2cccc(Cl)c2)o1. The highest BCUT2D eigenvalue weighted by Gasteiger charge is 2.55. The quantitative estimate of drug-likeness (QED) is 0.759. The number of ketones is 1. The molecule has 4 rings (SSSR count). The molecule has 4 atom stereocenters. The molecule has 0 radical (unpaired) electrons. The largest absolute Gasteiger partial charge is 0.456 e. The van der Waals surface area contributed by atoms with Crippen molar-refractivity contribution in [2.75, 3.05) is 13.2 Å². The van der Waals surface area contributed by atoms with Crippen molar-refractivity contribution in [3.8, 4) is 0 Å². The van der Waals surface area contributed by atoms with Crippen molar-refractivity contribution in [2.45, 2.75) is 32.2 Å². The van der Waals surface area contributed by atoms with Crippen LogP contribution < -0.4 is 5.32 Å². The van der Waals surface area contributed by atoms with Crippen molar-refractivity contribution in [1.29, 1.82) is 0 Å². The molecule has 1 saturated carbocycles. The first kappa shape index (κ1) is 18.3. The molecule has 27 heavy (non-hydrogen) atoms. The molecule has 1 unspecified atom stereocenters. The van der Waals surface area contributed by atoms with Gasteiger partial charge in [0.25, 0.3) is 5.91 Å². The summed E-state index contributed by atoms with van der Waals surface area (Å²) in [5, 5.41) is 3.70. The predicted octanol–water partition coefficient (Wildman–Crippen LogP) is 4.05. The lowest BCUT2D eigenvalue weighted by Crippen LogP contribution is -2.30. The molecule has 2 aromatic rings. The highest BCUT2D eigenvalue weighted by atomic mass is 35.5. The lowest BCUT2D eigenvalue weighted by Gasteiger charge is -2.13. The minimum atomic E-state index is -0.204. The highest BCUT2D eigenvalue weighted by molar-refractivity contribution is 6.30. The molecule has 1 N–H and O–H groups in total. The summed E-state index contributed by atoms with van der Waals surface area (Å²) in [5.41, 5.74) is 1.35. The second-order valence-electron chi connectivity index (χ2n) is 7.31. The zero-order valence-corrected chi connectivity index (χ0v) is 16.1. The first-order chi connectivity index (χ1) is 13.0. The molecule has 2 heterocycles. The number of benzene rings is 1. The van der Waals surface area contributed by atoms with Gasteiger partial charge in [0.05, 0.1) is 18.8 Å². The molecule has 142 valence electrons. The van der Waals surface area contributed by atoms with Crippen molar-refractivity contribution >= 4 is 23.3 Å². The Morgan fingerprint density at radius 1 is 1.26 bits per heavy atom. The summed E-state index contributed by atoms with van der Waals surface area (Å²) in [6.45, 7) is 5.12. The summed E-state index contributed by atoms with van der Waals surface area (Å²) in [4.78, 5) is 25.1. The Bertz CT molecular complexity index is 880. The van der Waals surface area contributed by atoms with Crippen LogP contribution in [0, 0.1) is 11.8 Å². The van der Waals surface area contributed by atoms with Crippen LogP contribution in [0.3, 0.4) is 0 Å². The van der Waals surface area contributed by atoms with E-state index in [-0.39, 0.29) is 29.4 Å². The van der Waals surface area contributed by atoms with E-state index in [4.69, 9.17) is 20.8 Å². The van der Waals surface area contributed by atoms with E-state index in [0.717, 1.165) is 5.56 Å². The molecule has 2 fully saturated rings.